The van der Waals surface area contributed by atoms with Crippen molar-refractivity contribution in [2.75, 3.05) is 0 Å². The molecule has 1 heterocycles. The number of hydrogen-bond donors (Lipinski definition) is 0. The predicted octanol–water partition coefficient (Wildman–Crippen LogP) is 5.01. The highest BCUT2D eigenvalue weighted by atomic mass is 35.5. The van der Waals surface area contributed by atoms with Gasteiger partial charge in [0.05, 0.1) is 15.7 Å². The van der Waals surface area contributed by atoms with Crippen molar-refractivity contribution in [3.63, 3.8) is 0 Å². The first-order chi connectivity index (χ1) is 11.0. The van der Waals surface area contributed by atoms with Crippen LogP contribution in [-0.4, -0.2) is 4.57 Å². The van der Waals surface area contributed by atoms with Crippen LogP contribution in [0.25, 0.3) is 11.3 Å². The zero-order valence-corrected chi connectivity index (χ0v) is 13.5. The molecule has 0 saturated carbocycles. The van der Waals surface area contributed by atoms with Crippen molar-refractivity contribution in [3.05, 3.63) is 92.4 Å². The standard InChI is InChI=1S/C18H12Cl2FNO/c19-16-3-1-2-15(18(16)20)17-10-14(23)8-9-22(17)11-12-4-6-13(21)7-5-12/h1-10H,11H2. The van der Waals surface area contributed by atoms with Crippen LogP contribution in [0.2, 0.25) is 10.0 Å². The summed E-state index contributed by atoms with van der Waals surface area (Å²) in [7, 11) is 0. The monoisotopic (exact) mass is 347 g/mol. The third-order valence-electron chi connectivity index (χ3n) is 3.50. The zero-order chi connectivity index (χ0) is 16.4. The molecule has 23 heavy (non-hydrogen) atoms. The minimum absolute atomic E-state index is 0.119. The van der Waals surface area contributed by atoms with Gasteiger partial charge >= 0.3 is 0 Å². The number of rotatable bonds is 3. The van der Waals surface area contributed by atoms with E-state index in [4.69, 9.17) is 23.2 Å². The number of benzene rings is 2. The lowest BCUT2D eigenvalue weighted by atomic mass is 10.1. The van der Waals surface area contributed by atoms with E-state index in [1.165, 1.54) is 24.3 Å². The van der Waals surface area contributed by atoms with E-state index in [0.29, 0.717) is 27.8 Å². The highest BCUT2D eigenvalue weighted by Gasteiger charge is 2.11. The van der Waals surface area contributed by atoms with Crippen molar-refractivity contribution >= 4 is 23.2 Å². The lowest BCUT2D eigenvalue weighted by Gasteiger charge is -2.15. The van der Waals surface area contributed by atoms with Crippen molar-refractivity contribution < 1.29 is 4.39 Å². The topological polar surface area (TPSA) is 22.0 Å². The largest absolute Gasteiger partial charge is 0.343 e. The SMILES string of the molecule is O=c1ccn(Cc2ccc(F)cc2)c(-c2cccc(Cl)c2Cl)c1. The van der Waals surface area contributed by atoms with Gasteiger partial charge in [-0.3, -0.25) is 4.79 Å². The van der Waals surface area contributed by atoms with Gasteiger partial charge in [0.15, 0.2) is 5.43 Å². The molecular formula is C18H12Cl2FNO. The number of hydrogen-bond acceptors (Lipinski definition) is 1. The van der Waals surface area contributed by atoms with Crippen LogP contribution in [0.4, 0.5) is 4.39 Å². The van der Waals surface area contributed by atoms with E-state index in [-0.39, 0.29) is 11.2 Å². The molecule has 0 bridgehead atoms. The second-order valence-corrected chi connectivity index (χ2v) is 5.89. The van der Waals surface area contributed by atoms with Crippen LogP contribution in [0.3, 0.4) is 0 Å². The molecule has 0 fully saturated rings. The van der Waals surface area contributed by atoms with E-state index in [9.17, 15) is 9.18 Å². The minimum Gasteiger partial charge on any atom is -0.343 e. The maximum Gasteiger partial charge on any atom is 0.182 e. The fourth-order valence-electron chi connectivity index (χ4n) is 2.37. The first-order valence-corrected chi connectivity index (χ1v) is 7.69. The summed E-state index contributed by atoms with van der Waals surface area (Å²) in [4.78, 5) is 11.8. The fraction of sp³-hybridized carbons (Fsp3) is 0.0556. The number of pyridine rings is 1. The lowest BCUT2D eigenvalue weighted by Crippen LogP contribution is -2.09. The molecule has 3 aromatic rings. The second kappa shape index (κ2) is 6.57. The van der Waals surface area contributed by atoms with Gasteiger partial charge in [-0.05, 0) is 23.8 Å². The third kappa shape index (κ3) is 3.46. The van der Waals surface area contributed by atoms with Gasteiger partial charge in [-0.25, -0.2) is 4.39 Å². The molecule has 3 rings (SSSR count). The molecule has 0 unspecified atom stereocenters. The van der Waals surface area contributed by atoms with Crippen LogP contribution in [0.5, 0.6) is 0 Å². The quantitative estimate of drug-likeness (QED) is 0.652. The molecule has 0 atom stereocenters. The molecule has 2 aromatic carbocycles. The summed E-state index contributed by atoms with van der Waals surface area (Å²) in [6, 6.07) is 14.5. The number of aromatic nitrogens is 1. The Bertz CT molecular complexity index is 904. The Morgan fingerprint density at radius 2 is 1.74 bits per heavy atom. The molecule has 2 nitrogen and oxygen atoms in total. The van der Waals surface area contributed by atoms with Crippen LogP contribution in [-0.2, 0) is 6.54 Å². The summed E-state index contributed by atoms with van der Waals surface area (Å²) in [6.07, 6.45) is 1.69. The van der Waals surface area contributed by atoms with Crippen LogP contribution >= 0.6 is 23.2 Å². The molecule has 0 N–H and O–H groups in total. The Balaban J connectivity index is 2.10. The van der Waals surface area contributed by atoms with Gasteiger partial charge in [0, 0.05) is 30.4 Å². The van der Waals surface area contributed by atoms with E-state index >= 15 is 0 Å². The van der Waals surface area contributed by atoms with Gasteiger partial charge in [-0.15, -0.1) is 0 Å². The molecule has 0 aliphatic heterocycles. The molecule has 0 amide bonds. The van der Waals surface area contributed by atoms with E-state index in [1.807, 2.05) is 10.6 Å². The summed E-state index contributed by atoms with van der Waals surface area (Å²) in [5, 5.41) is 0.821. The average molecular weight is 348 g/mol. The predicted molar refractivity (Wildman–Crippen MR) is 91.7 cm³/mol. The van der Waals surface area contributed by atoms with Crippen LogP contribution < -0.4 is 5.43 Å². The second-order valence-electron chi connectivity index (χ2n) is 5.10. The smallest absolute Gasteiger partial charge is 0.182 e. The molecule has 0 aliphatic carbocycles. The lowest BCUT2D eigenvalue weighted by molar-refractivity contribution is 0.626. The maximum absolute atomic E-state index is 13.0. The molecule has 5 heteroatoms. The van der Waals surface area contributed by atoms with Crippen molar-refractivity contribution in [1.29, 1.82) is 0 Å². The van der Waals surface area contributed by atoms with E-state index < -0.39 is 0 Å². The Kier molecular flexibility index (Phi) is 4.51. The first-order valence-electron chi connectivity index (χ1n) is 6.94. The fourth-order valence-corrected chi connectivity index (χ4v) is 2.77. The van der Waals surface area contributed by atoms with Crippen LogP contribution in [0, 0.1) is 5.82 Å². The zero-order valence-electron chi connectivity index (χ0n) is 12.0. The Morgan fingerprint density at radius 1 is 1.00 bits per heavy atom. The molecule has 116 valence electrons. The highest BCUT2D eigenvalue weighted by molar-refractivity contribution is 6.43. The van der Waals surface area contributed by atoms with Crippen LogP contribution in [0.1, 0.15) is 5.56 Å². The molecule has 1 aromatic heterocycles. The molecular weight excluding hydrogens is 336 g/mol. The first kappa shape index (κ1) is 15.8. The highest BCUT2D eigenvalue weighted by Crippen LogP contribution is 2.33. The van der Waals surface area contributed by atoms with E-state index in [0.717, 1.165) is 5.56 Å². The van der Waals surface area contributed by atoms with Crippen molar-refractivity contribution in [2.45, 2.75) is 6.54 Å². The summed E-state index contributed by atoms with van der Waals surface area (Å²) in [5.41, 5.74) is 2.13. The van der Waals surface area contributed by atoms with Gasteiger partial charge in [0.2, 0.25) is 0 Å². The van der Waals surface area contributed by atoms with Gasteiger partial charge in [0.1, 0.15) is 5.82 Å². The van der Waals surface area contributed by atoms with Crippen LogP contribution in [0.15, 0.2) is 65.6 Å². The number of nitrogens with zero attached hydrogens (tertiary/aromatic N) is 1. The summed E-state index contributed by atoms with van der Waals surface area (Å²) >= 11 is 12.4. The normalized spacial score (nSPS) is 10.7. The van der Waals surface area contributed by atoms with Crippen molar-refractivity contribution in [2.24, 2.45) is 0 Å². The minimum atomic E-state index is -0.285. The molecule has 0 radical (unpaired) electrons. The molecule has 0 saturated heterocycles. The van der Waals surface area contributed by atoms with Gasteiger partial charge in [0.25, 0.3) is 0 Å². The summed E-state index contributed by atoms with van der Waals surface area (Å²) in [6.45, 7) is 0.485. The molecule has 0 spiro atoms. The number of halogens is 3. The van der Waals surface area contributed by atoms with Gasteiger partial charge in [-0.2, -0.15) is 0 Å². The van der Waals surface area contributed by atoms with Crippen molar-refractivity contribution in [1.82, 2.24) is 4.57 Å². The van der Waals surface area contributed by atoms with E-state index in [1.54, 1.807) is 30.5 Å². The summed E-state index contributed by atoms with van der Waals surface area (Å²) < 4.78 is 14.9. The van der Waals surface area contributed by atoms with E-state index in [2.05, 4.69) is 0 Å². The maximum atomic E-state index is 13.0. The Hall–Kier alpha value is -2.10. The van der Waals surface area contributed by atoms with Gasteiger partial charge < -0.3 is 4.57 Å². The Labute approximate surface area is 142 Å². The van der Waals surface area contributed by atoms with Crippen molar-refractivity contribution in [3.8, 4) is 11.3 Å². The summed E-state index contributed by atoms with van der Waals surface area (Å²) in [5.74, 6) is -0.285. The Morgan fingerprint density at radius 3 is 2.48 bits per heavy atom. The average Bonchev–Trinajstić information content (AvgIpc) is 2.54. The van der Waals surface area contributed by atoms with Gasteiger partial charge in [-0.1, -0.05) is 47.5 Å². The third-order valence-corrected chi connectivity index (χ3v) is 4.32. The molecule has 0 aliphatic rings.